The van der Waals surface area contributed by atoms with Crippen LogP contribution in [0.3, 0.4) is 0 Å². The molecule has 2 aromatic heterocycles. The Morgan fingerprint density at radius 2 is 2.08 bits per heavy atom. The van der Waals surface area contributed by atoms with E-state index in [9.17, 15) is 4.79 Å². The number of rotatable bonds is 2. The molecule has 2 aliphatic rings. The third-order valence-electron chi connectivity index (χ3n) is 5.27. The zero-order chi connectivity index (χ0) is 16.7. The summed E-state index contributed by atoms with van der Waals surface area (Å²) in [6.45, 7) is 2.67. The average molecular weight is 328 g/mol. The minimum Gasteiger partial charge on any atom is -0.361 e. The second-order valence-corrected chi connectivity index (χ2v) is 6.98. The number of amides is 1. The minimum absolute atomic E-state index is 0.0119. The maximum absolute atomic E-state index is 13.4. The number of carbonyl (C=O) groups excluding carboxylic acids is 1. The fourth-order valence-corrected chi connectivity index (χ4v) is 4.11. The Hall–Kier alpha value is -2.11. The molecule has 1 atom stereocenters. The summed E-state index contributed by atoms with van der Waals surface area (Å²) < 4.78 is 7.03. The summed E-state index contributed by atoms with van der Waals surface area (Å²) >= 11 is 0. The summed E-state index contributed by atoms with van der Waals surface area (Å²) in [5, 5.41) is 8.78. The van der Waals surface area contributed by atoms with E-state index in [-0.39, 0.29) is 11.9 Å². The zero-order valence-electron chi connectivity index (χ0n) is 14.4. The topological polar surface area (TPSA) is 64.2 Å². The molecule has 0 aromatic carbocycles. The van der Waals surface area contributed by atoms with Crippen LogP contribution in [0.5, 0.6) is 0 Å². The van der Waals surface area contributed by atoms with Gasteiger partial charge in [0.05, 0.1) is 11.7 Å². The van der Waals surface area contributed by atoms with Gasteiger partial charge in [-0.2, -0.15) is 5.10 Å². The van der Waals surface area contributed by atoms with Crippen molar-refractivity contribution in [2.24, 2.45) is 7.05 Å². The molecule has 0 bridgehead atoms. The van der Waals surface area contributed by atoms with Gasteiger partial charge < -0.3 is 9.42 Å². The van der Waals surface area contributed by atoms with Crippen LogP contribution < -0.4 is 0 Å². The Morgan fingerprint density at radius 3 is 2.88 bits per heavy atom. The first kappa shape index (κ1) is 15.4. The van der Waals surface area contributed by atoms with Gasteiger partial charge in [-0.1, -0.05) is 5.16 Å². The fourth-order valence-electron chi connectivity index (χ4n) is 4.11. The molecule has 1 fully saturated rings. The highest BCUT2D eigenvalue weighted by Gasteiger charge is 2.34. The second-order valence-electron chi connectivity index (χ2n) is 6.98. The lowest BCUT2D eigenvalue weighted by Crippen LogP contribution is -2.40. The zero-order valence-corrected chi connectivity index (χ0v) is 14.4. The summed E-state index contributed by atoms with van der Waals surface area (Å²) in [5.74, 6) is 0.888. The van der Waals surface area contributed by atoms with Crippen LogP contribution in [0.25, 0.3) is 0 Å². The maximum atomic E-state index is 13.4. The van der Waals surface area contributed by atoms with Gasteiger partial charge in [0.25, 0.3) is 5.91 Å². The van der Waals surface area contributed by atoms with Crippen LogP contribution in [0.2, 0.25) is 0 Å². The standard InChI is InChI=1S/C18H24N4O2/c1-12-11-15(20-24-12)16-9-5-6-10-22(16)18(23)17-13-7-3-4-8-14(13)19-21(17)2/h11,16H,3-10H2,1-2H3/t16-/m0/s1. The van der Waals surface area contributed by atoms with E-state index in [0.717, 1.165) is 73.5 Å². The van der Waals surface area contributed by atoms with Crippen molar-refractivity contribution in [1.29, 1.82) is 0 Å². The van der Waals surface area contributed by atoms with Gasteiger partial charge >= 0.3 is 0 Å². The molecule has 0 spiro atoms. The van der Waals surface area contributed by atoms with Crippen molar-refractivity contribution < 1.29 is 9.32 Å². The lowest BCUT2D eigenvalue weighted by Gasteiger charge is -2.34. The monoisotopic (exact) mass is 328 g/mol. The molecule has 2 aromatic rings. The predicted molar refractivity (Wildman–Crippen MR) is 88.7 cm³/mol. The highest BCUT2D eigenvalue weighted by molar-refractivity contribution is 5.94. The van der Waals surface area contributed by atoms with Crippen LogP contribution >= 0.6 is 0 Å². The van der Waals surface area contributed by atoms with Crippen molar-refractivity contribution in [3.63, 3.8) is 0 Å². The molecule has 0 unspecified atom stereocenters. The van der Waals surface area contributed by atoms with Gasteiger partial charge in [-0.3, -0.25) is 9.48 Å². The van der Waals surface area contributed by atoms with Crippen LogP contribution in [0.4, 0.5) is 0 Å². The number of likely N-dealkylation sites (tertiary alicyclic amines) is 1. The first-order valence-corrected chi connectivity index (χ1v) is 8.94. The number of hydrogen-bond acceptors (Lipinski definition) is 4. The maximum Gasteiger partial charge on any atom is 0.272 e. The van der Waals surface area contributed by atoms with E-state index in [4.69, 9.17) is 4.52 Å². The summed E-state index contributed by atoms with van der Waals surface area (Å²) in [6, 6.07) is 1.97. The van der Waals surface area contributed by atoms with Crippen molar-refractivity contribution in [1.82, 2.24) is 19.8 Å². The average Bonchev–Trinajstić information content (AvgIpc) is 3.16. The molecule has 24 heavy (non-hydrogen) atoms. The van der Waals surface area contributed by atoms with Crippen molar-refractivity contribution in [3.8, 4) is 0 Å². The molecule has 0 N–H and O–H groups in total. The molecular weight excluding hydrogens is 304 g/mol. The van der Waals surface area contributed by atoms with Crippen LogP contribution in [0.1, 0.15) is 71.3 Å². The molecule has 6 nitrogen and oxygen atoms in total. The summed E-state index contributed by atoms with van der Waals surface area (Å²) in [5.41, 5.74) is 3.92. The number of fused-ring (bicyclic) bond motifs is 1. The van der Waals surface area contributed by atoms with E-state index in [1.54, 1.807) is 4.68 Å². The van der Waals surface area contributed by atoms with Gasteiger partial charge in [-0.05, 0) is 51.9 Å². The molecule has 1 aliphatic heterocycles. The number of aromatic nitrogens is 3. The predicted octanol–water partition coefficient (Wildman–Crippen LogP) is 2.96. The van der Waals surface area contributed by atoms with Gasteiger partial charge in [-0.25, -0.2) is 0 Å². The molecule has 0 saturated carbocycles. The molecule has 3 heterocycles. The molecular formula is C18H24N4O2. The number of carbonyl (C=O) groups is 1. The van der Waals surface area contributed by atoms with Crippen LogP contribution in [-0.4, -0.2) is 32.3 Å². The number of hydrogen-bond donors (Lipinski definition) is 0. The van der Waals surface area contributed by atoms with Crippen molar-refractivity contribution in [2.75, 3.05) is 6.54 Å². The van der Waals surface area contributed by atoms with E-state index in [1.165, 1.54) is 6.42 Å². The SMILES string of the molecule is Cc1cc([C@@H]2CCCCN2C(=O)c2c3c(nn2C)CCCC3)no1. The third-order valence-corrected chi connectivity index (χ3v) is 5.27. The fraction of sp³-hybridized carbons (Fsp3) is 0.611. The van der Waals surface area contributed by atoms with Crippen molar-refractivity contribution in [2.45, 2.75) is 57.9 Å². The molecule has 1 amide bonds. The largest absolute Gasteiger partial charge is 0.361 e. The van der Waals surface area contributed by atoms with E-state index < -0.39 is 0 Å². The van der Waals surface area contributed by atoms with E-state index in [0.29, 0.717) is 0 Å². The first-order valence-electron chi connectivity index (χ1n) is 8.94. The normalized spacial score (nSPS) is 20.9. The van der Waals surface area contributed by atoms with Crippen LogP contribution in [0.15, 0.2) is 10.6 Å². The van der Waals surface area contributed by atoms with Crippen molar-refractivity contribution >= 4 is 5.91 Å². The van der Waals surface area contributed by atoms with Gasteiger partial charge in [0.1, 0.15) is 17.1 Å². The van der Waals surface area contributed by atoms with E-state index in [1.807, 2.05) is 24.9 Å². The van der Waals surface area contributed by atoms with Gasteiger partial charge in [0.15, 0.2) is 0 Å². The molecule has 128 valence electrons. The highest BCUT2D eigenvalue weighted by Crippen LogP contribution is 2.33. The summed E-state index contributed by atoms with van der Waals surface area (Å²) in [4.78, 5) is 15.3. The Kier molecular flexibility index (Phi) is 3.90. The molecule has 6 heteroatoms. The summed E-state index contributed by atoms with van der Waals surface area (Å²) in [7, 11) is 1.89. The molecule has 0 radical (unpaired) electrons. The lowest BCUT2D eigenvalue weighted by atomic mass is 9.94. The third kappa shape index (κ3) is 2.54. The quantitative estimate of drug-likeness (QED) is 0.850. The minimum atomic E-state index is 0.0119. The number of nitrogens with zero attached hydrogens (tertiary/aromatic N) is 4. The van der Waals surface area contributed by atoms with Crippen LogP contribution in [-0.2, 0) is 19.9 Å². The Morgan fingerprint density at radius 1 is 1.25 bits per heavy atom. The Bertz CT molecular complexity index is 761. The highest BCUT2D eigenvalue weighted by atomic mass is 16.5. The van der Waals surface area contributed by atoms with Crippen LogP contribution in [0, 0.1) is 6.92 Å². The van der Waals surface area contributed by atoms with E-state index >= 15 is 0 Å². The van der Waals surface area contributed by atoms with Gasteiger partial charge in [0, 0.05) is 25.2 Å². The van der Waals surface area contributed by atoms with Gasteiger partial charge in [0.2, 0.25) is 0 Å². The Labute approximate surface area is 141 Å². The second kappa shape index (κ2) is 6.07. The smallest absolute Gasteiger partial charge is 0.272 e. The Balaban J connectivity index is 1.68. The first-order chi connectivity index (χ1) is 11.6. The number of piperidine rings is 1. The molecule has 4 rings (SSSR count). The molecule has 1 aliphatic carbocycles. The lowest BCUT2D eigenvalue weighted by molar-refractivity contribution is 0.0589. The van der Waals surface area contributed by atoms with Crippen molar-refractivity contribution in [3.05, 3.63) is 34.5 Å². The van der Waals surface area contributed by atoms with E-state index in [2.05, 4.69) is 10.3 Å². The van der Waals surface area contributed by atoms with Gasteiger partial charge in [-0.15, -0.1) is 0 Å². The number of aryl methyl sites for hydroxylation is 3. The molecule has 1 saturated heterocycles. The summed E-state index contributed by atoms with van der Waals surface area (Å²) in [6.07, 6.45) is 7.36.